The number of anilines is 1. The number of nitrogens with one attached hydrogen (secondary N) is 1. The highest BCUT2D eigenvalue weighted by molar-refractivity contribution is 5.92. The van der Waals surface area contributed by atoms with Crippen LogP contribution >= 0.6 is 0 Å². The Morgan fingerprint density at radius 3 is 2.56 bits per heavy atom. The number of rotatable bonds is 6. The van der Waals surface area contributed by atoms with Crippen LogP contribution in [-0.2, 0) is 17.5 Å². The van der Waals surface area contributed by atoms with Crippen LogP contribution in [0.2, 0.25) is 0 Å². The lowest BCUT2D eigenvalue weighted by Gasteiger charge is -2.19. The second-order valence-electron chi connectivity index (χ2n) is 5.61. The van der Waals surface area contributed by atoms with Crippen molar-refractivity contribution in [3.05, 3.63) is 59.7 Å². The lowest BCUT2D eigenvalue weighted by molar-refractivity contribution is -0.138. The first-order valence-electron chi connectivity index (χ1n) is 7.57. The fourth-order valence-corrected chi connectivity index (χ4v) is 2.43. The van der Waals surface area contributed by atoms with Crippen molar-refractivity contribution in [2.24, 2.45) is 0 Å². The third kappa shape index (κ3) is 5.49. The molecule has 4 nitrogen and oxygen atoms in total. The first kappa shape index (κ1) is 18.8. The van der Waals surface area contributed by atoms with E-state index in [2.05, 4.69) is 5.32 Å². The molecule has 0 unspecified atom stereocenters. The molecule has 0 aromatic heterocycles. The summed E-state index contributed by atoms with van der Waals surface area (Å²) in [5, 5.41) is 2.70. The van der Waals surface area contributed by atoms with Gasteiger partial charge >= 0.3 is 6.18 Å². The van der Waals surface area contributed by atoms with E-state index in [1.807, 2.05) is 0 Å². The predicted octanol–water partition coefficient (Wildman–Crippen LogP) is 3.78. The van der Waals surface area contributed by atoms with Crippen LogP contribution < -0.4 is 10.1 Å². The van der Waals surface area contributed by atoms with Gasteiger partial charge in [0, 0.05) is 18.3 Å². The topological polar surface area (TPSA) is 41.6 Å². The standard InChI is InChI=1S/C18H19F3N2O2/c1-23(11-13-6-3-4-9-16(13)18(19,20)21)12-17(24)22-14-7-5-8-15(10-14)25-2/h3-10H,11-12H2,1-2H3,(H,22,24). The number of benzene rings is 2. The van der Waals surface area contributed by atoms with Gasteiger partial charge in [0.15, 0.2) is 0 Å². The van der Waals surface area contributed by atoms with Crippen molar-refractivity contribution in [3.63, 3.8) is 0 Å². The van der Waals surface area contributed by atoms with Gasteiger partial charge in [-0.15, -0.1) is 0 Å². The Kier molecular flexibility index (Phi) is 6.03. The van der Waals surface area contributed by atoms with E-state index in [-0.39, 0.29) is 24.6 Å². The zero-order valence-corrected chi connectivity index (χ0v) is 13.9. The molecule has 0 radical (unpaired) electrons. The number of alkyl halides is 3. The number of nitrogens with zero attached hydrogens (tertiary/aromatic N) is 1. The Balaban J connectivity index is 1.98. The van der Waals surface area contributed by atoms with E-state index in [0.29, 0.717) is 11.4 Å². The number of amides is 1. The second-order valence-corrected chi connectivity index (χ2v) is 5.61. The number of carbonyl (C=O) groups is 1. The van der Waals surface area contributed by atoms with Gasteiger partial charge in [-0.25, -0.2) is 0 Å². The first-order chi connectivity index (χ1) is 11.8. The van der Waals surface area contributed by atoms with Gasteiger partial charge in [0.2, 0.25) is 5.91 Å². The second kappa shape index (κ2) is 8.02. The molecular formula is C18H19F3N2O2. The van der Waals surface area contributed by atoms with Crippen molar-refractivity contribution < 1.29 is 22.7 Å². The van der Waals surface area contributed by atoms with Crippen LogP contribution in [0, 0.1) is 0 Å². The minimum atomic E-state index is -4.42. The highest BCUT2D eigenvalue weighted by Gasteiger charge is 2.33. The van der Waals surface area contributed by atoms with Crippen molar-refractivity contribution in [3.8, 4) is 5.75 Å². The van der Waals surface area contributed by atoms with Gasteiger partial charge in [-0.3, -0.25) is 9.69 Å². The molecule has 1 N–H and O–H groups in total. The van der Waals surface area contributed by atoms with E-state index in [1.165, 1.54) is 24.1 Å². The molecule has 134 valence electrons. The van der Waals surface area contributed by atoms with E-state index < -0.39 is 11.7 Å². The summed E-state index contributed by atoms with van der Waals surface area (Å²) in [5.74, 6) is 0.283. The summed E-state index contributed by atoms with van der Waals surface area (Å²) in [6, 6.07) is 12.2. The molecule has 0 aliphatic carbocycles. The molecule has 1 amide bonds. The Labute approximate surface area is 144 Å². The highest BCUT2D eigenvalue weighted by atomic mass is 19.4. The van der Waals surface area contributed by atoms with Gasteiger partial charge in [-0.1, -0.05) is 24.3 Å². The van der Waals surface area contributed by atoms with Gasteiger partial charge in [-0.2, -0.15) is 13.2 Å². The molecular weight excluding hydrogens is 333 g/mol. The molecule has 7 heteroatoms. The number of hydrogen-bond donors (Lipinski definition) is 1. The first-order valence-corrected chi connectivity index (χ1v) is 7.57. The number of methoxy groups -OCH3 is 1. The molecule has 2 rings (SSSR count). The highest BCUT2D eigenvalue weighted by Crippen LogP contribution is 2.32. The van der Waals surface area contributed by atoms with Crippen LogP contribution in [0.4, 0.5) is 18.9 Å². The average molecular weight is 352 g/mol. The van der Waals surface area contributed by atoms with Crippen LogP contribution in [0.25, 0.3) is 0 Å². The fourth-order valence-electron chi connectivity index (χ4n) is 2.43. The quantitative estimate of drug-likeness (QED) is 0.860. The molecule has 2 aromatic carbocycles. The maximum atomic E-state index is 13.0. The van der Waals surface area contributed by atoms with Crippen molar-refractivity contribution in [2.75, 3.05) is 26.0 Å². The Hall–Kier alpha value is -2.54. The van der Waals surface area contributed by atoms with Crippen molar-refractivity contribution in [1.82, 2.24) is 4.90 Å². The Morgan fingerprint density at radius 2 is 1.88 bits per heavy atom. The summed E-state index contributed by atoms with van der Waals surface area (Å²) in [6.45, 7) is -0.0232. The Bertz CT molecular complexity index is 732. The summed E-state index contributed by atoms with van der Waals surface area (Å²) in [7, 11) is 3.12. The molecule has 0 bridgehead atoms. The molecule has 25 heavy (non-hydrogen) atoms. The third-order valence-corrected chi connectivity index (χ3v) is 3.53. The lowest BCUT2D eigenvalue weighted by Crippen LogP contribution is -2.30. The average Bonchev–Trinajstić information content (AvgIpc) is 2.54. The van der Waals surface area contributed by atoms with Crippen LogP contribution in [0.15, 0.2) is 48.5 Å². The summed E-state index contributed by atoms with van der Waals surface area (Å²) >= 11 is 0. The normalized spacial score (nSPS) is 11.4. The van der Waals surface area contributed by atoms with Crippen LogP contribution in [0.3, 0.4) is 0 Å². The molecule has 0 fully saturated rings. The SMILES string of the molecule is COc1cccc(NC(=O)CN(C)Cc2ccccc2C(F)(F)F)c1. The van der Waals surface area contributed by atoms with Gasteiger partial charge < -0.3 is 10.1 Å². The number of halogens is 3. The van der Waals surface area contributed by atoms with Crippen molar-refractivity contribution in [2.45, 2.75) is 12.7 Å². The molecule has 2 aromatic rings. The van der Waals surface area contributed by atoms with Gasteiger partial charge in [-0.05, 0) is 30.8 Å². The minimum absolute atomic E-state index is 0.0151. The monoisotopic (exact) mass is 352 g/mol. The number of likely N-dealkylation sites (N-methyl/N-ethyl adjacent to an activating group) is 1. The molecule has 0 aliphatic heterocycles. The van der Waals surface area contributed by atoms with Gasteiger partial charge in [0.25, 0.3) is 0 Å². The van der Waals surface area contributed by atoms with E-state index in [9.17, 15) is 18.0 Å². The van der Waals surface area contributed by atoms with Crippen molar-refractivity contribution >= 4 is 11.6 Å². The number of hydrogen-bond acceptors (Lipinski definition) is 3. The van der Waals surface area contributed by atoms with Crippen LogP contribution in [0.5, 0.6) is 5.75 Å². The molecule has 0 saturated heterocycles. The molecule has 0 heterocycles. The summed E-state index contributed by atoms with van der Waals surface area (Å²) in [6.07, 6.45) is -4.42. The zero-order chi connectivity index (χ0) is 18.4. The minimum Gasteiger partial charge on any atom is -0.497 e. The van der Waals surface area contributed by atoms with Gasteiger partial charge in [0.05, 0.1) is 19.2 Å². The number of ether oxygens (including phenoxy) is 1. The summed E-state index contributed by atoms with van der Waals surface area (Å²) < 4.78 is 44.1. The molecule has 0 aliphatic rings. The zero-order valence-electron chi connectivity index (χ0n) is 13.9. The third-order valence-electron chi connectivity index (χ3n) is 3.53. The van der Waals surface area contributed by atoms with E-state index >= 15 is 0 Å². The molecule has 0 saturated carbocycles. The van der Waals surface area contributed by atoms with E-state index in [0.717, 1.165) is 6.07 Å². The maximum absolute atomic E-state index is 13.0. The van der Waals surface area contributed by atoms with Crippen LogP contribution in [0.1, 0.15) is 11.1 Å². The lowest BCUT2D eigenvalue weighted by atomic mass is 10.1. The molecule has 0 spiro atoms. The smallest absolute Gasteiger partial charge is 0.416 e. The Morgan fingerprint density at radius 1 is 1.16 bits per heavy atom. The summed E-state index contributed by atoms with van der Waals surface area (Å²) in [4.78, 5) is 13.6. The van der Waals surface area contributed by atoms with E-state index in [1.54, 1.807) is 37.4 Å². The predicted molar refractivity (Wildman–Crippen MR) is 89.4 cm³/mol. The van der Waals surface area contributed by atoms with Crippen molar-refractivity contribution in [1.29, 1.82) is 0 Å². The van der Waals surface area contributed by atoms with Crippen LogP contribution in [-0.4, -0.2) is 31.5 Å². The molecule has 0 atom stereocenters. The van der Waals surface area contributed by atoms with E-state index in [4.69, 9.17) is 4.74 Å². The maximum Gasteiger partial charge on any atom is 0.416 e. The summed E-state index contributed by atoms with van der Waals surface area (Å²) in [5.41, 5.74) is 0.00942. The van der Waals surface area contributed by atoms with Gasteiger partial charge in [0.1, 0.15) is 5.75 Å². The fraction of sp³-hybridized carbons (Fsp3) is 0.278. The largest absolute Gasteiger partial charge is 0.497 e. The number of carbonyl (C=O) groups excluding carboxylic acids is 1.